The van der Waals surface area contributed by atoms with Crippen molar-refractivity contribution in [2.24, 2.45) is 0 Å². The minimum atomic E-state index is 0.189. The molecule has 0 radical (unpaired) electrons. The molecule has 0 heterocycles. The molecule has 0 aromatic carbocycles. The molecule has 17 heavy (non-hydrogen) atoms. The van der Waals surface area contributed by atoms with Crippen molar-refractivity contribution in [1.29, 1.82) is 0 Å². The summed E-state index contributed by atoms with van der Waals surface area (Å²) < 4.78 is 5.43. The first-order valence-electron chi connectivity index (χ1n) is 6.17. The summed E-state index contributed by atoms with van der Waals surface area (Å²) in [6, 6.07) is 0. The Hall–Kier alpha value is -0.650. The Labute approximate surface area is 105 Å². The van der Waals surface area contributed by atoms with Crippen molar-refractivity contribution in [3.05, 3.63) is 0 Å². The highest BCUT2D eigenvalue weighted by Gasteiger charge is 2.01. The lowest BCUT2D eigenvalue weighted by molar-refractivity contribution is -0.128. The molecule has 0 aliphatic rings. The average Bonchev–Trinajstić information content (AvgIpc) is 2.25. The van der Waals surface area contributed by atoms with E-state index in [0.29, 0.717) is 6.42 Å². The maximum atomic E-state index is 11.2. The van der Waals surface area contributed by atoms with E-state index in [9.17, 15) is 4.79 Å². The van der Waals surface area contributed by atoms with Crippen molar-refractivity contribution in [1.82, 2.24) is 15.1 Å². The minimum absolute atomic E-state index is 0.189. The van der Waals surface area contributed by atoms with Gasteiger partial charge in [0.2, 0.25) is 5.91 Å². The van der Waals surface area contributed by atoms with E-state index in [1.54, 1.807) is 19.0 Å². The molecular formula is C12H27N3O2. The van der Waals surface area contributed by atoms with E-state index < -0.39 is 0 Å². The summed E-state index contributed by atoms with van der Waals surface area (Å²) in [4.78, 5) is 15.0. The van der Waals surface area contributed by atoms with Gasteiger partial charge in [-0.1, -0.05) is 0 Å². The van der Waals surface area contributed by atoms with Crippen LogP contribution in [0.3, 0.4) is 0 Å². The molecule has 0 rings (SSSR count). The maximum Gasteiger partial charge on any atom is 0.222 e. The van der Waals surface area contributed by atoms with Gasteiger partial charge in [-0.2, -0.15) is 0 Å². The standard InChI is InChI=1S/C12H27N3O2/c1-14(2)9-11-17-10-8-13-7-5-6-12(16)15(3)4/h13H,5-11H2,1-4H3. The van der Waals surface area contributed by atoms with Crippen LogP contribution in [0.2, 0.25) is 0 Å². The smallest absolute Gasteiger partial charge is 0.222 e. The van der Waals surface area contributed by atoms with Crippen molar-refractivity contribution < 1.29 is 9.53 Å². The van der Waals surface area contributed by atoms with Gasteiger partial charge in [-0.25, -0.2) is 0 Å². The first-order chi connectivity index (χ1) is 8.04. The summed E-state index contributed by atoms with van der Waals surface area (Å²) >= 11 is 0. The molecule has 0 fully saturated rings. The zero-order valence-electron chi connectivity index (χ0n) is 11.7. The van der Waals surface area contributed by atoms with Crippen LogP contribution >= 0.6 is 0 Å². The maximum absolute atomic E-state index is 11.2. The third-order valence-corrected chi connectivity index (χ3v) is 2.35. The van der Waals surface area contributed by atoms with E-state index in [1.807, 2.05) is 14.1 Å². The number of rotatable bonds is 10. The van der Waals surface area contributed by atoms with Crippen LogP contribution in [-0.4, -0.2) is 76.7 Å². The molecule has 1 N–H and O–H groups in total. The van der Waals surface area contributed by atoms with Gasteiger partial charge in [0, 0.05) is 33.6 Å². The molecule has 102 valence electrons. The molecular weight excluding hydrogens is 218 g/mol. The van der Waals surface area contributed by atoms with E-state index in [4.69, 9.17) is 4.74 Å². The lowest BCUT2D eigenvalue weighted by Crippen LogP contribution is -2.26. The molecule has 0 aliphatic heterocycles. The molecule has 0 unspecified atom stereocenters. The van der Waals surface area contributed by atoms with Crippen LogP contribution in [0.4, 0.5) is 0 Å². The second-order valence-electron chi connectivity index (χ2n) is 4.56. The quantitative estimate of drug-likeness (QED) is 0.551. The van der Waals surface area contributed by atoms with E-state index in [0.717, 1.165) is 39.3 Å². The summed E-state index contributed by atoms with van der Waals surface area (Å²) in [5.74, 6) is 0.189. The van der Waals surface area contributed by atoms with Gasteiger partial charge in [0.1, 0.15) is 0 Å². The van der Waals surface area contributed by atoms with Gasteiger partial charge in [0.25, 0.3) is 0 Å². The molecule has 1 amide bonds. The first-order valence-corrected chi connectivity index (χ1v) is 6.17. The fourth-order valence-corrected chi connectivity index (χ4v) is 1.21. The fourth-order valence-electron chi connectivity index (χ4n) is 1.21. The van der Waals surface area contributed by atoms with Crippen LogP contribution in [0, 0.1) is 0 Å². The fraction of sp³-hybridized carbons (Fsp3) is 0.917. The number of hydrogen-bond acceptors (Lipinski definition) is 4. The predicted octanol–water partition coefficient (Wildman–Crippen LogP) is 0.0226. The lowest BCUT2D eigenvalue weighted by Gasteiger charge is -2.11. The van der Waals surface area contributed by atoms with Crippen LogP contribution < -0.4 is 5.32 Å². The highest BCUT2D eigenvalue weighted by molar-refractivity contribution is 5.75. The molecule has 5 heteroatoms. The number of ether oxygens (including phenoxy) is 1. The van der Waals surface area contributed by atoms with E-state index in [1.165, 1.54) is 0 Å². The zero-order chi connectivity index (χ0) is 13.1. The molecule has 0 bridgehead atoms. The average molecular weight is 245 g/mol. The Morgan fingerprint density at radius 2 is 1.82 bits per heavy atom. The van der Waals surface area contributed by atoms with Gasteiger partial charge in [0.05, 0.1) is 13.2 Å². The summed E-state index contributed by atoms with van der Waals surface area (Å²) in [5.41, 5.74) is 0. The van der Waals surface area contributed by atoms with Crippen molar-refractivity contribution in [2.75, 3.05) is 61.0 Å². The minimum Gasteiger partial charge on any atom is -0.379 e. The van der Waals surface area contributed by atoms with Crippen LogP contribution in [0.15, 0.2) is 0 Å². The number of hydrogen-bond donors (Lipinski definition) is 1. The normalized spacial score (nSPS) is 10.9. The molecule has 0 spiro atoms. The topological polar surface area (TPSA) is 44.8 Å². The Bertz CT molecular complexity index is 196. The first kappa shape index (κ1) is 16.4. The van der Waals surface area contributed by atoms with E-state index >= 15 is 0 Å². The molecule has 0 aromatic heterocycles. The van der Waals surface area contributed by atoms with E-state index in [2.05, 4.69) is 10.2 Å². The molecule has 0 aromatic rings. The molecule has 0 aliphatic carbocycles. The van der Waals surface area contributed by atoms with Crippen molar-refractivity contribution in [2.45, 2.75) is 12.8 Å². The van der Waals surface area contributed by atoms with Gasteiger partial charge in [0.15, 0.2) is 0 Å². The van der Waals surface area contributed by atoms with Crippen LogP contribution in [-0.2, 0) is 9.53 Å². The third-order valence-electron chi connectivity index (χ3n) is 2.35. The number of amides is 1. The summed E-state index contributed by atoms with van der Waals surface area (Å²) in [5, 5.41) is 3.26. The largest absolute Gasteiger partial charge is 0.379 e. The summed E-state index contributed by atoms with van der Waals surface area (Å²) in [7, 11) is 7.63. The van der Waals surface area contributed by atoms with Gasteiger partial charge in [-0.3, -0.25) is 4.79 Å². The Balaban J connectivity index is 3.11. The number of carbonyl (C=O) groups is 1. The second kappa shape index (κ2) is 10.5. The van der Waals surface area contributed by atoms with Gasteiger partial charge < -0.3 is 19.9 Å². The number of nitrogens with zero attached hydrogens (tertiary/aromatic N) is 2. The Morgan fingerprint density at radius 1 is 1.12 bits per heavy atom. The molecule has 0 atom stereocenters. The van der Waals surface area contributed by atoms with Gasteiger partial charge >= 0.3 is 0 Å². The highest BCUT2D eigenvalue weighted by Crippen LogP contribution is 1.91. The van der Waals surface area contributed by atoms with Gasteiger partial charge in [-0.15, -0.1) is 0 Å². The second-order valence-corrected chi connectivity index (χ2v) is 4.56. The van der Waals surface area contributed by atoms with Gasteiger partial charge in [-0.05, 0) is 27.1 Å². The van der Waals surface area contributed by atoms with Crippen molar-refractivity contribution in [3.63, 3.8) is 0 Å². The lowest BCUT2D eigenvalue weighted by atomic mass is 10.3. The third kappa shape index (κ3) is 11.6. The highest BCUT2D eigenvalue weighted by atomic mass is 16.5. The van der Waals surface area contributed by atoms with Crippen molar-refractivity contribution >= 4 is 5.91 Å². The molecule has 0 saturated heterocycles. The van der Waals surface area contributed by atoms with Crippen molar-refractivity contribution in [3.8, 4) is 0 Å². The Kier molecular flexibility index (Phi) is 10.1. The summed E-state index contributed by atoms with van der Waals surface area (Å²) in [6.45, 7) is 4.18. The number of carbonyl (C=O) groups excluding carboxylic acids is 1. The molecule has 0 saturated carbocycles. The SMILES string of the molecule is CN(C)CCOCCNCCCC(=O)N(C)C. The van der Waals surface area contributed by atoms with E-state index in [-0.39, 0.29) is 5.91 Å². The molecule has 5 nitrogen and oxygen atoms in total. The van der Waals surface area contributed by atoms with Crippen LogP contribution in [0.5, 0.6) is 0 Å². The monoisotopic (exact) mass is 245 g/mol. The van der Waals surface area contributed by atoms with Crippen LogP contribution in [0.25, 0.3) is 0 Å². The number of nitrogens with one attached hydrogen (secondary N) is 1. The predicted molar refractivity (Wildman–Crippen MR) is 70.2 cm³/mol. The summed E-state index contributed by atoms with van der Waals surface area (Å²) in [6.07, 6.45) is 1.50. The Morgan fingerprint density at radius 3 is 2.41 bits per heavy atom. The van der Waals surface area contributed by atoms with Crippen LogP contribution in [0.1, 0.15) is 12.8 Å². The zero-order valence-corrected chi connectivity index (χ0v) is 11.7. The number of likely N-dealkylation sites (N-methyl/N-ethyl adjacent to an activating group) is 1.